The molecule has 0 heterocycles. The van der Waals surface area contributed by atoms with Crippen LogP contribution < -0.4 is 34.7 Å². The predicted molar refractivity (Wildman–Crippen MR) is 31.9 cm³/mol. The fourth-order valence-electron chi connectivity index (χ4n) is 0.579. The molecule has 2 N–H and O–H groups in total. The Morgan fingerprint density at radius 3 is 2.36 bits per heavy atom. The molecule has 0 aliphatic rings. The number of hydrogen-bond acceptors (Lipinski definition) is 4. The maximum absolute atomic E-state index is 9.93. The average molecular weight is 170 g/mol. The number of carboxylic acid groups (broad SMARTS) is 1. The maximum atomic E-state index is 9.93. The zero-order chi connectivity index (χ0) is 8.15. The van der Waals surface area contributed by atoms with Crippen LogP contribution in [-0.2, 0) is 4.79 Å². The fourth-order valence-corrected chi connectivity index (χ4v) is 0.579. The van der Waals surface area contributed by atoms with E-state index in [0.29, 0.717) is 0 Å². The Morgan fingerprint density at radius 2 is 2.09 bits per heavy atom. The van der Waals surface area contributed by atoms with Crippen molar-refractivity contribution in [1.29, 1.82) is 0 Å². The molecule has 0 amide bonds. The number of carboxylic acids is 1. The Balaban J connectivity index is 0. The molecule has 0 fully saturated rings. The number of carbonyl (C=O) groups is 1. The molecule has 0 aromatic carbocycles. The molecule has 0 aromatic rings. The Morgan fingerprint density at radius 1 is 1.64 bits per heavy atom. The van der Waals surface area contributed by atoms with Crippen LogP contribution in [0.3, 0.4) is 0 Å². The molecule has 0 spiro atoms. The summed E-state index contributed by atoms with van der Waals surface area (Å²) in [6, 6.07) is 0. The third kappa shape index (κ3) is 6.77. The van der Waals surface area contributed by atoms with Crippen LogP contribution in [0.15, 0.2) is 0 Å². The molecule has 0 rings (SSSR count). The summed E-state index contributed by atoms with van der Waals surface area (Å²) in [5.41, 5.74) is 0. The first-order valence-corrected chi connectivity index (χ1v) is 3.06. The van der Waals surface area contributed by atoms with E-state index in [1.54, 1.807) is 0 Å². The largest absolute Gasteiger partial charge is 1.00 e. The van der Waals surface area contributed by atoms with Crippen molar-refractivity contribution in [2.75, 3.05) is 6.61 Å². The zero-order valence-electron chi connectivity index (χ0n) is 6.78. The molecule has 60 valence electrons. The second-order valence-corrected chi connectivity index (χ2v) is 2.30. The molecule has 0 aromatic heterocycles. The Labute approximate surface area is 87.5 Å². The average Bonchev–Trinajstić information content (AvgIpc) is 1.85. The number of rotatable bonds is 4. The Kier molecular flexibility index (Phi) is 8.95. The van der Waals surface area contributed by atoms with Gasteiger partial charge in [-0.15, -0.1) is 0 Å². The summed E-state index contributed by atoms with van der Waals surface area (Å²) in [7, 11) is 0. The molecule has 0 saturated heterocycles. The SMILES string of the molecule is C[C@@H](CC(=O)[O-])C(O)CO.[Na+]. The van der Waals surface area contributed by atoms with Gasteiger partial charge in [-0.3, -0.25) is 0 Å². The van der Waals surface area contributed by atoms with Crippen molar-refractivity contribution in [3.8, 4) is 0 Å². The molecule has 0 aliphatic carbocycles. The quantitative estimate of drug-likeness (QED) is 0.414. The third-order valence-corrected chi connectivity index (χ3v) is 1.33. The normalized spacial score (nSPS) is 14.8. The van der Waals surface area contributed by atoms with Gasteiger partial charge in [0, 0.05) is 5.97 Å². The van der Waals surface area contributed by atoms with E-state index in [1.807, 2.05) is 0 Å². The van der Waals surface area contributed by atoms with E-state index in [-0.39, 0.29) is 36.0 Å². The first kappa shape index (κ1) is 13.9. The van der Waals surface area contributed by atoms with Gasteiger partial charge in [-0.25, -0.2) is 0 Å². The van der Waals surface area contributed by atoms with E-state index in [4.69, 9.17) is 10.2 Å². The van der Waals surface area contributed by atoms with Crippen LogP contribution in [-0.4, -0.2) is 28.9 Å². The molecule has 5 heteroatoms. The van der Waals surface area contributed by atoms with Crippen molar-refractivity contribution in [3.63, 3.8) is 0 Å². The van der Waals surface area contributed by atoms with Gasteiger partial charge in [0.05, 0.1) is 12.7 Å². The summed E-state index contributed by atoms with van der Waals surface area (Å²) in [6.07, 6.45) is -1.18. The second kappa shape index (κ2) is 7.06. The summed E-state index contributed by atoms with van der Waals surface area (Å²) in [5.74, 6) is -1.66. The van der Waals surface area contributed by atoms with Crippen molar-refractivity contribution < 1.29 is 49.7 Å². The van der Waals surface area contributed by atoms with Crippen LogP contribution in [0, 0.1) is 5.92 Å². The van der Waals surface area contributed by atoms with E-state index in [0.717, 1.165) is 0 Å². The monoisotopic (exact) mass is 170 g/mol. The van der Waals surface area contributed by atoms with Gasteiger partial charge in [0.25, 0.3) is 0 Å². The minimum atomic E-state index is -1.21. The van der Waals surface area contributed by atoms with Gasteiger partial charge in [-0.1, -0.05) is 6.92 Å². The number of aliphatic carboxylic acids is 1. The summed E-state index contributed by atoms with van der Waals surface area (Å²) in [5, 5.41) is 27.1. The van der Waals surface area contributed by atoms with Crippen molar-refractivity contribution >= 4 is 5.97 Å². The minimum Gasteiger partial charge on any atom is -0.550 e. The molecule has 0 aliphatic heterocycles. The van der Waals surface area contributed by atoms with Crippen LogP contribution >= 0.6 is 0 Å². The topological polar surface area (TPSA) is 80.6 Å². The van der Waals surface area contributed by atoms with Gasteiger partial charge in [0.1, 0.15) is 0 Å². The van der Waals surface area contributed by atoms with E-state index in [2.05, 4.69) is 0 Å². The maximum Gasteiger partial charge on any atom is 1.00 e. The molecule has 4 nitrogen and oxygen atoms in total. The van der Waals surface area contributed by atoms with Crippen LogP contribution in [0.5, 0.6) is 0 Å². The minimum absolute atomic E-state index is 0. The van der Waals surface area contributed by atoms with Crippen LogP contribution in [0.4, 0.5) is 0 Å². The van der Waals surface area contributed by atoms with Gasteiger partial charge in [-0.2, -0.15) is 0 Å². The van der Waals surface area contributed by atoms with E-state index >= 15 is 0 Å². The van der Waals surface area contributed by atoms with Gasteiger partial charge < -0.3 is 20.1 Å². The summed E-state index contributed by atoms with van der Waals surface area (Å²) >= 11 is 0. The fraction of sp³-hybridized carbons (Fsp3) is 0.833. The van der Waals surface area contributed by atoms with Gasteiger partial charge in [-0.05, 0) is 12.3 Å². The zero-order valence-corrected chi connectivity index (χ0v) is 8.78. The summed E-state index contributed by atoms with van der Waals surface area (Å²) < 4.78 is 0. The molecule has 2 atom stereocenters. The van der Waals surface area contributed by atoms with Crippen LogP contribution in [0.1, 0.15) is 13.3 Å². The predicted octanol–water partition coefficient (Wildman–Crippen LogP) is -4.88. The molecule has 11 heavy (non-hydrogen) atoms. The van der Waals surface area contributed by atoms with E-state index in [9.17, 15) is 9.90 Å². The Bertz CT molecular complexity index is 117. The molecular weight excluding hydrogens is 159 g/mol. The Hall–Kier alpha value is 0.390. The molecular formula is C6H11NaO4. The molecule has 0 bridgehead atoms. The standard InChI is InChI=1S/C6H12O4.Na/c1-4(2-6(9)10)5(8)3-7;/h4-5,7-8H,2-3H2,1H3,(H,9,10);/q;+1/p-1/t4-,5?;/m0./s1. The molecule has 0 radical (unpaired) electrons. The number of hydrogen-bond donors (Lipinski definition) is 2. The number of carbonyl (C=O) groups excluding carboxylic acids is 1. The first-order chi connectivity index (χ1) is 4.57. The van der Waals surface area contributed by atoms with E-state index in [1.165, 1.54) is 6.92 Å². The molecule has 1 unspecified atom stereocenters. The van der Waals surface area contributed by atoms with Gasteiger partial charge in [0.2, 0.25) is 0 Å². The van der Waals surface area contributed by atoms with Crippen molar-refractivity contribution in [2.45, 2.75) is 19.4 Å². The summed E-state index contributed by atoms with van der Waals surface area (Å²) in [4.78, 5) is 9.93. The van der Waals surface area contributed by atoms with Crippen LogP contribution in [0.2, 0.25) is 0 Å². The first-order valence-electron chi connectivity index (χ1n) is 3.06. The molecule has 0 saturated carbocycles. The van der Waals surface area contributed by atoms with E-state index < -0.39 is 24.6 Å². The second-order valence-electron chi connectivity index (χ2n) is 2.30. The van der Waals surface area contributed by atoms with Gasteiger partial charge in [0.15, 0.2) is 0 Å². The van der Waals surface area contributed by atoms with Crippen LogP contribution in [0.25, 0.3) is 0 Å². The van der Waals surface area contributed by atoms with Crippen molar-refractivity contribution in [3.05, 3.63) is 0 Å². The van der Waals surface area contributed by atoms with Gasteiger partial charge >= 0.3 is 29.6 Å². The van der Waals surface area contributed by atoms with Crippen molar-refractivity contribution in [1.82, 2.24) is 0 Å². The number of aliphatic hydroxyl groups is 2. The smallest absolute Gasteiger partial charge is 0.550 e. The summed E-state index contributed by atoms with van der Waals surface area (Å²) in [6.45, 7) is 1.13. The third-order valence-electron chi connectivity index (χ3n) is 1.33. The number of aliphatic hydroxyl groups excluding tert-OH is 2. The van der Waals surface area contributed by atoms with Crippen molar-refractivity contribution in [2.24, 2.45) is 5.92 Å².